The van der Waals surface area contributed by atoms with E-state index in [2.05, 4.69) is 12.6 Å². The smallest absolute Gasteiger partial charge is 0.270 e. The van der Waals surface area contributed by atoms with Crippen LogP contribution in [0.25, 0.3) is 10.1 Å². The Bertz CT molecular complexity index is 521. The van der Waals surface area contributed by atoms with Gasteiger partial charge in [0.2, 0.25) is 0 Å². The van der Waals surface area contributed by atoms with E-state index >= 15 is 0 Å². The van der Waals surface area contributed by atoms with Crippen molar-refractivity contribution in [1.82, 2.24) is 0 Å². The number of thiophene rings is 1. The first-order valence-corrected chi connectivity index (χ1v) is 4.95. The normalized spacial score (nSPS) is 10.6. The predicted molar refractivity (Wildman–Crippen MR) is 57.4 cm³/mol. The van der Waals surface area contributed by atoms with Gasteiger partial charge in [-0.1, -0.05) is 0 Å². The number of nitro groups is 1. The maximum Gasteiger partial charge on any atom is 0.270 e. The van der Waals surface area contributed by atoms with Crippen molar-refractivity contribution in [3.63, 3.8) is 0 Å². The van der Waals surface area contributed by atoms with E-state index in [1.54, 1.807) is 6.07 Å². The SMILES string of the molecule is O=[N+]([O-])c1ccc2sc(S)c(O)c2c1. The first-order chi connectivity index (χ1) is 6.59. The van der Waals surface area contributed by atoms with Crippen LogP contribution in [0.2, 0.25) is 0 Å². The molecule has 0 amide bonds. The first-order valence-electron chi connectivity index (χ1n) is 3.68. The van der Waals surface area contributed by atoms with Crippen molar-refractivity contribution in [2.24, 2.45) is 0 Å². The van der Waals surface area contributed by atoms with E-state index in [0.717, 1.165) is 4.70 Å². The topological polar surface area (TPSA) is 63.4 Å². The van der Waals surface area contributed by atoms with Gasteiger partial charge >= 0.3 is 0 Å². The summed E-state index contributed by atoms with van der Waals surface area (Å²) in [5.41, 5.74) is -0.0288. The Morgan fingerprint density at radius 2 is 2.21 bits per heavy atom. The lowest BCUT2D eigenvalue weighted by Crippen LogP contribution is -1.85. The molecule has 0 spiro atoms. The summed E-state index contributed by atoms with van der Waals surface area (Å²) in [4.78, 5) is 9.98. The summed E-state index contributed by atoms with van der Waals surface area (Å²) in [5.74, 6) is 0.0111. The molecule has 14 heavy (non-hydrogen) atoms. The molecule has 0 unspecified atom stereocenters. The molecule has 1 aromatic heterocycles. The molecule has 4 nitrogen and oxygen atoms in total. The summed E-state index contributed by atoms with van der Waals surface area (Å²) in [6.07, 6.45) is 0. The largest absolute Gasteiger partial charge is 0.505 e. The van der Waals surface area contributed by atoms with Gasteiger partial charge in [-0.3, -0.25) is 10.1 Å². The number of rotatable bonds is 1. The highest BCUT2D eigenvalue weighted by atomic mass is 32.2. The number of benzene rings is 1. The van der Waals surface area contributed by atoms with Crippen LogP contribution in [0.1, 0.15) is 0 Å². The summed E-state index contributed by atoms with van der Waals surface area (Å²) < 4.78 is 1.26. The van der Waals surface area contributed by atoms with Crippen LogP contribution in [-0.4, -0.2) is 10.0 Å². The van der Waals surface area contributed by atoms with Gasteiger partial charge in [0.1, 0.15) is 5.75 Å². The minimum absolute atomic E-state index is 0.0111. The number of nitrogens with zero attached hydrogens (tertiary/aromatic N) is 1. The average Bonchev–Trinajstić information content (AvgIpc) is 2.43. The zero-order chi connectivity index (χ0) is 10.3. The van der Waals surface area contributed by atoms with Crippen molar-refractivity contribution in [1.29, 1.82) is 0 Å². The second-order valence-corrected chi connectivity index (χ2v) is 4.50. The zero-order valence-electron chi connectivity index (χ0n) is 6.80. The lowest BCUT2D eigenvalue weighted by Gasteiger charge is -1.92. The van der Waals surface area contributed by atoms with E-state index in [4.69, 9.17) is 0 Å². The van der Waals surface area contributed by atoms with E-state index in [0.29, 0.717) is 9.60 Å². The lowest BCUT2D eigenvalue weighted by molar-refractivity contribution is -0.384. The molecule has 72 valence electrons. The number of nitro benzene ring substituents is 1. The van der Waals surface area contributed by atoms with E-state index in [1.165, 1.54) is 23.5 Å². The Kier molecular flexibility index (Phi) is 2.09. The quantitative estimate of drug-likeness (QED) is 0.447. The molecule has 1 N–H and O–H groups in total. The molecule has 0 fully saturated rings. The van der Waals surface area contributed by atoms with Crippen molar-refractivity contribution in [3.8, 4) is 5.75 Å². The van der Waals surface area contributed by atoms with Crippen molar-refractivity contribution in [3.05, 3.63) is 28.3 Å². The molecule has 0 aliphatic heterocycles. The Labute approximate surface area is 88.4 Å². The first kappa shape index (κ1) is 9.29. The Morgan fingerprint density at radius 1 is 1.50 bits per heavy atom. The highest BCUT2D eigenvalue weighted by Gasteiger charge is 2.12. The molecule has 0 saturated heterocycles. The number of fused-ring (bicyclic) bond motifs is 1. The summed E-state index contributed by atoms with van der Waals surface area (Å²) in [7, 11) is 0. The molecule has 0 radical (unpaired) electrons. The number of hydrogen-bond donors (Lipinski definition) is 2. The van der Waals surface area contributed by atoms with Crippen LogP contribution in [-0.2, 0) is 0 Å². The molecular formula is C8H5NO3S2. The molecule has 2 aromatic rings. The number of thiol groups is 1. The van der Waals surface area contributed by atoms with Gasteiger partial charge in [-0.15, -0.1) is 24.0 Å². The standard InChI is InChI=1S/C8H5NO3S2/c10-7-5-3-4(9(11)12)1-2-6(5)14-8(7)13/h1-3,10,13H. The van der Waals surface area contributed by atoms with Crippen LogP contribution in [0.15, 0.2) is 22.4 Å². The molecule has 1 heterocycles. The minimum Gasteiger partial charge on any atom is -0.505 e. The summed E-state index contributed by atoms with van der Waals surface area (Å²) in [6, 6.07) is 4.37. The Balaban J connectivity index is 2.76. The van der Waals surface area contributed by atoms with Crippen molar-refractivity contribution >= 4 is 39.7 Å². The molecule has 0 atom stereocenters. The molecule has 6 heteroatoms. The monoisotopic (exact) mass is 227 g/mol. The second kappa shape index (κ2) is 3.14. The fourth-order valence-electron chi connectivity index (χ4n) is 1.17. The number of hydrogen-bond acceptors (Lipinski definition) is 5. The van der Waals surface area contributed by atoms with Crippen molar-refractivity contribution < 1.29 is 10.0 Å². The highest BCUT2D eigenvalue weighted by Crippen LogP contribution is 2.40. The third kappa shape index (κ3) is 1.32. The third-order valence-corrected chi connectivity index (χ3v) is 3.29. The van der Waals surface area contributed by atoms with Crippen LogP contribution < -0.4 is 0 Å². The van der Waals surface area contributed by atoms with Crippen molar-refractivity contribution in [2.45, 2.75) is 4.21 Å². The van der Waals surface area contributed by atoms with Gasteiger partial charge in [-0.05, 0) is 6.07 Å². The fourth-order valence-corrected chi connectivity index (χ4v) is 2.41. The van der Waals surface area contributed by atoms with E-state index < -0.39 is 4.92 Å². The van der Waals surface area contributed by atoms with Gasteiger partial charge in [0.25, 0.3) is 5.69 Å². The van der Waals surface area contributed by atoms with E-state index in [-0.39, 0.29) is 11.4 Å². The molecule has 0 bridgehead atoms. The molecule has 0 aliphatic rings. The van der Waals surface area contributed by atoms with Gasteiger partial charge in [0.15, 0.2) is 0 Å². The lowest BCUT2D eigenvalue weighted by atomic mass is 10.2. The van der Waals surface area contributed by atoms with Crippen LogP contribution in [0.4, 0.5) is 5.69 Å². The Hall–Kier alpha value is -1.27. The van der Waals surface area contributed by atoms with E-state index in [1.807, 2.05) is 0 Å². The average molecular weight is 227 g/mol. The maximum absolute atomic E-state index is 10.5. The summed E-state index contributed by atoms with van der Waals surface area (Å²) in [5, 5.41) is 20.5. The Morgan fingerprint density at radius 3 is 2.86 bits per heavy atom. The van der Waals surface area contributed by atoms with E-state index in [9.17, 15) is 15.2 Å². The number of aromatic hydroxyl groups is 1. The molecule has 2 rings (SSSR count). The molecular weight excluding hydrogens is 222 g/mol. The van der Waals surface area contributed by atoms with Gasteiger partial charge in [0, 0.05) is 22.2 Å². The zero-order valence-corrected chi connectivity index (χ0v) is 8.51. The van der Waals surface area contributed by atoms with Crippen LogP contribution in [0.5, 0.6) is 5.75 Å². The van der Waals surface area contributed by atoms with Gasteiger partial charge in [-0.25, -0.2) is 0 Å². The van der Waals surface area contributed by atoms with Gasteiger partial charge in [0.05, 0.1) is 9.13 Å². The minimum atomic E-state index is -0.491. The molecule has 0 aliphatic carbocycles. The molecule has 1 aromatic carbocycles. The second-order valence-electron chi connectivity index (χ2n) is 2.69. The summed E-state index contributed by atoms with van der Waals surface area (Å²) >= 11 is 5.33. The van der Waals surface area contributed by atoms with Crippen LogP contribution in [0, 0.1) is 10.1 Å². The van der Waals surface area contributed by atoms with Gasteiger partial charge < -0.3 is 5.11 Å². The predicted octanol–water partition coefficient (Wildman–Crippen LogP) is 2.80. The van der Waals surface area contributed by atoms with Crippen molar-refractivity contribution in [2.75, 3.05) is 0 Å². The fraction of sp³-hybridized carbons (Fsp3) is 0. The molecule has 0 saturated carbocycles. The van der Waals surface area contributed by atoms with Crippen LogP contribution >= 0.6 is 24.0 Å². The highest BCUT2D eigenvalue weighted by molar-refractivity contribution is 7.83. The maximum atomic E-state index is 10.5. The third-order valence-electron chi connectivity index (χ3n) is 1.84. The van der Waals surface area contributed by atoms with Crippen LogP contribution in [0.3, 0.4) is 0 Å². The summed E-state index contributed by atoms with van der Waals surface area (Å²) in [6.45, 7) is 0. The number of non-ortho nitro benzene ring substituents is 1. The van der Waals surface area contributed by atoms with Gasteiger partial charge in [-0.2, -0.15) is 0 Å².